The summed E-state index contributed by atoms with van der Waals surface area (Å²) in [5.74, 6) is 2.83. The molecule has 0 radical (unpaired) electrons. The SMILES string of the molecule is Cc1oc(-c2ccccc2)nc1CN1CCc2nc(C3CC3)[nH]c(=O)c2C1. The van der Waals surface area contributed by atoms with E-state index in [1.54, 1.807) is 0 Å². The third kappa shape index (κ3) is 3.21. The van der Waals surface area contributed by atoms with Crippen molar-refractivity contribution < 1.29 is 4.42 Å². The van der Waals surface area contributed by atoms with E-state index in [1.165, 1.54) is 0 Å². The molecule has 1 saturated carbocycles. The van der Waals surface area contributed by atoms with Gasteiger partial charge in [-0.3, -0.25) is 9.69 Å². The van der Waals surface area contributed by atoms with E-state index < -0.39 is 0 Å². The zero-order chi connectivity index (χ0) is 18.4. The fraction of sp³-hybridized carbons (Fsp3) is 0.381. The number of nitrogens with one attached hydrogen (secondary N) is 1. The number of aryl methyl sites for hydroxylation is 1. The van der Waals surface area contributed by atoms with Crippen LogP contribution in [0, 0.1) is 6.92 Å². The van der Waals surface area contributed by atoms with Gasteiger partial charge in [0.2, 0.25) is 5.89 Å². The predicted molar refractivity (Wildman–Crippen MR) is 101 cm³/mol. The van der Waals surface area contributed by atoms with E-state index in [9.17, 15) is 4.79 Å². The number of H-pyrrole nitrogens is 1. The highest BCUT2D eigenvalue weighted by molar-refractivity contribution is 5.53. The Morgan fingerprint density at radius 2 is 2.04 bits per heavy atom. The van der Waals surface area contributed by atoms with Gasteiger partial charge in [0.25, 0.3) is 5.56 Å². The molecule has 0 spiro atoms. The van der Waals surface area contributed by atoms with Gasteiger partial charge in [0, 0.05) is 37.5 Å². The summed E-state index contributed by atoms with van der Waals surface area (Å²) in [5.41, 5.74) is 3.70. The van der Waals surface area contributed by atoms with Gasteiger partial charge >= 0.3 is 0 Å². The molecule has 1 aliphatic carbocycles. The molecule has 1 fully saturated rings. The highest BCUT2D eigenvalue weighted by atomic mass is 16.4. The maximum Gasteiger partial charge on any atom is 0.255 e. The van der Waals surface area contributed by atoms with E-state index in [4.69, 9.17) is 9.40 Å². The number of aromatic amines is 1. The molecular weight excluding hydrogens is 340 g/mol. The van der Waals surface area contributed by atoms with Crippen LogP contribution in [0.4, 0.5) is 0 Å². The Labute approximate surface area is 157 Å². The molecule has 0 atom stereocenters. The van der Waals surface area contributed by atoms with Crippen molar-refractivity contribution in [2.75, 3.05) is 6.54 Å². The van der Waals surface area contributed by atoms with Crippen molar-refractivity contribution in [2.24, 2.45) is 0 Å². The third-order valence-electron chi connectivity index (χ3n) is 5.42. The largest absolute Gasteiger partial charge is 0.441 e. The van der Waals surface area contributed by atoms with E-state index in [-0.39, 0.29) is 5.56 Å². The molecule has 0 unspecified atom stereocenters. The Morgan fingerprint density at radius 3 is 2.81 bits per heavy atom. The second-order valence-electron chi connectivity index (χ2n) is 7.50. The first-order valence-corrected chi connectivity index (χ1v) is 9.53. The second-order valence-corrected chi connectivity index (χ2v) is 7.50. The van der Waals surface area contributed by atoms with Gasteiger partial charge in [0.1, 0.15) is 11.6 Å². The van der Waals surface area contributed by atoms with Crippen molar-refractivity contribution in [3.63, 3.8) is 0 Å². The average Bonchev–Trinajstić information content (AvgIpc) is 3.47. The van der Waals surface area contributed by atoms with Crippen LogP contribution >= 0.6 is 0 Å². The number of oxazole rings is 1. The molecule has 1 aromatic carbocycles. The summed E-state index contributed by atoms with van der Waals surface area (Å²) in [7, 11) is 0. The van der Waals surface area contributed by atoms with Crippen LogP contribution < -0.4 is 5.56 Å². The average molecular weight is 362 g/mol. The first-order valence-electron chi connectivity index (χ1n) is 9.53. The van der Waals surface area contributed by atoms with Crippen LogP contribution in [-0.2, 0) is 19.5 Å². The highest BCUT2D eigenvalue weighted by Crippen LogP contribution is 2.37. The summed E-state index contributed by atoms with van der Waals surface area (Å²) >= 11 is 0. The summed E-state index contributed by atoms with van der Waals surface area (Å²) in [5, 5.41) is 0. The molecule has 6 nitrogen and oxygen atoms in total. The molecule has 6 heteroatoms. The lowest BCUT2D eigenvalue weighted by molar-refractivity contribution is 0.237. The fourth-order valence-corrected chi connectivity index (χ4v) is 3.68. The first kappa shape index (κ1) is 16.4. The van der Waals surface area contributed by atoms with Crippen LogP contribution in [0.5, 0.6) is 0 Å². The van der Waals surface area contributed by atoms with Crippen molar-refractivity contribution in [2.45, 2.75) is 45.2 Å². The lowest BCUT2D eigenvalue weighted by Gasteiger charge is -2.27. The molecule has 2 aromatic heterocycles. The molecule has 0 bridgehead atoms. The molecular formula is C21H22N4O2. The number of aromatic nitrogens is 3. The Bertz CT molecular complexity index is 1030. The predicted octanol–water partition coefficient (Wildman–Crippen LogP) is 3.17. The maximum absolute atomic E-state index is 12.5. The number of benzene rings is 1. The third-order valence-corrected chi connectivity index (χ3v) is 5.42. The van der Waals surface area contributed by atoms with Crippen molar-refractivity contribution >= 4 is 0 Å². The zero-order valence-corrected chi connectivity index (χ0v) is 15.4. The van der Waals surface area contributed by atoms with Gasteiger partial charge in [0.15, 0.2) is 0 Å². The van der Waals surface area contributed by atoms with Crippen LogP contribution in [-0.4, -0.2) is 26.4 Å². The first-order chi connectivity index (χ1) is 13.2. The molecule has 0 amide bonds. The summed E-state index contributed by atoms with van der Waals surface area (Å²) in [6.45, 7) is 4.10. The molecule has 2 aliphatic rings. The van der Waals surface area contributed by atoms with Crippen molar-refractivity contribution in [3.05, 3.63) is 69.2 Å². The van der Waals surface area contributed by atoms with E-state index in [1.807, 2.05) is 37.3 Å². The maximum atomic E-state index is 12.5. The highest BCUT2D eigenvalue weighted by Gasteiger charge is 2.29. The van der Waals surface area contributed by atoms with Crippen LogP contribution in [0.25, 0.3) is 11.5 Å². The van der Waals surface area contributed by atoms with Crippen molar-refractivity contribution in [3.8, 4) is 11.5 Å². The van der Waals surface area contributed by atoms with Gasteiger partial charge in [0.05, 0.1) is 17.0 Å². The minimum atomic E-state index is 0.0217. The van der Waals surface area contributed by atoms with Crippen molar-refractivity contribution in [1.82, 2.24) is 19.9 Å². The number of hydrogen-bond donors (Lipinski definition) is 1. The standard InChI is InChI=1S/C21H22N4O2/c1-13-18(23-21(27-13)15-5-3-2-4-6-15)12-25-10-9-17-16(11-25)20(26)24-19(22-17)14-7-8-14/h2-6,14H,7-12H2,1H3,(H,22,24,26). The minimum Gasteiger partial charge on any atom is -0.441 e. The minimum absolute atomic E-state index is 0.0217. The smallest absolute Gasteiger partial charge is 0.255 e. The van der Waals surface area contributed by atoms with Crippen LogP contribution in [0.2, 0.25) is 0 Å². The second kappa shape index (κ2) is 6.46. The number of nitrogens with zero attached hydrogens (tertiary/aromatic N) is 3. The van der Waals surface area contributed by atoms with E-state index >= 15 is 0 Å². The normalized spacial score (nSPS) is 17.1. The molecule has 1 N–H and O–H groups in total. The molecule has 27 heavy (non-hydrogen) atoms. The topological polar surface area (TPSA) is 75.0 Å². The van der Waals surface area contributed by atoms with Gasteiger partial charge in [-0.25, -0.2) is 9.97 Å². The molecule has 3 heterocycles. The van der Waals surface area contributed by atoms with Crippen LogP contribution in [0.15, 0.2) is 39.5 Å². The van der Waals surface area contributed by atoms with Gasteiger partial charge in [-0.15, -0.1) is 0 Å². The molecule has 138 valence electrons. The number of hydrogen-bond acceptors (Lipinski definition) is 5. The Kier molecular flexibility index (Phi) is 3.93. The lowest BCUT2D eigenvalue weighted by atomic mass is 10.1. The lowest BCUT2D eigenvalue weighted by Crippen LogP contribution is -2.36. The Hall–Kier alpha value is -2.73. The summed E-state index contributed by atoms with van der Waals surface area (Å²) < 4.78 is 5.87. The van der Waals surface area contributed by atoms with Gasteiger partial charge in [-0.2, -0.15) is 0 Å². The van der Waals surface area contributed by atoms with E-state index in [0.29, 0.717) is 24.9 Å². The Morgan fingerprint density at radius 1 is 1.22 bits per heavy atom. The van der Waals surface area contributed by atoms with Gasteiger partial charge < -0.3 is 9.40 Å². The molecule has 0 saturated heterocycles. The van der Waals surface area contributed by atoms with E-state index in [2.05, 4.69) is 14.9 Å². The van der Waals surface area contributed by atoms with Gasteiger partial charge in [-0.05, 0) is 31.9 Å². The summed E-state index contributed by atoms with van der Waals surface area (Å²) in [6.07, 6.45) is 3.09. The summed E-state index contributed by atoms with van der Waals surface area (Å²) in [4.78, 5) is 27.2. The van der Waals surface area contributed by atoms with Gasteiger partial charge in [-0.1, -0.05) is 18.2 Å². The van der Waals surface area contributed by atoms with Crippen molar-refractivity contribution in [1.29, 1.82) is 0 Å². The summed E-state index contributed by atoms with van der Waals surface area (Å²) in [6, 6.07) is 9.92. The molecule has 5 rings (SSSR count). The quantitative estimate of drug-likeness (QED) is 0.772. The molecule has 1 aliphatic heterocycles. The van der Waals surface area contributed by atoms with Crippen LogP contribution in [0.1, 0.15) is 47.3 Å². The van der Waals surface area contributed by atoms with Crippen LogP contribution in [0.3, 0.4) is 0 Å². The number of rotatable bonds is 4. The van der Waals surface area contributed by atoms with E-state index in [0.717, 1.165) is 59.9 Å². The number of fused-ring (bicyclic) bond motifs is 1. The fourth-order valence-electron chi connectivity index (χ4n) is 3.68. The molecule has 3 aromatic rings. The Balaban J connectivity index is 1.36. The monoisotopic (exact) mass is 362 g/mol. The zero-order valence-electron chi connectivity index (χ0n) is 15.4.